The van der Waals surface area contributed by atoms with Gasteiger partial charge in [-0.25, -0.2) is 4.79 Å². The first-order valence-corrected chi connectivity index (χ1v) is 5.39. The van der Waals surface area contributed by atoms with E-state index in [1.165, 1.54) is 0 Å². The van der Waals surface area contributed by atoms with E-state index in [4.69, 9.17) is 6.11 Å². The predicted octanol–water partition coefficient (Wildman–Crippen LogP) is -1.25. The SMILES string of the molecule is [2H]C(=O)NCCOCCC(=O)ON1C(=O)CCC1=O. The van der Waals surface area contributed by atoms with E-state index in [-0.39, 0.29) is 39.0 Å². The lowest BCUT2D eigenvalue weighted by molar-refractivity contribution is -0.198. The summed E-state index contributed by atoms with van der Waals surface area (Å²) in [5, 5.41) is 2.67. The molecular weight excluding hydrogens is 244 g/mol. The fourth-order valence-electron chi connectivity index (χ4n) is 1.24. The van der Waals surface area contributed by atoms with E-state index in [0.717, 1.165) is 0 Å². The van der Waals surface area contributed by atoms with Gasteiger partial charge >= 0.3 is 5.97 Å². The number of hydrogen-bond donors (Lipinski definition) is 1. The molecule has 0 aromatic heterocycles. The van der Waals surface area contributed by atoms with Crippen molar-refractivity contribution in [2.45, 2.75) is 19.3 Å². The number of nitrogens with zero attached hydrogens (tertiary/aromatic N) is 1. The summed E-state index contributed by atoms with van der Waals surface area (Å²) in [6, 6.07) is 0. The molecular formula is C10H14N2O6. The maximum atomic E-state index is 11.3. The summed E-state index contributed by atoms with van der Waals surface area (Å²) in [6.07, 6.45) is -0.925. The highest BCUT2D eigenvalue weighted by atomic mass is 16.7. The fourth-order valence-corrected chi connectivity index (χ4v) is 1.24. The average molecular weight is 259 g/mol. The van der Waals surface area contributed by atoms with Crippen molar-refractivity contribution in [3.63, 3.8) is 0 Å². The third-order valence-electron chi connectivity index (χ3n) is 2.09. The Bertz CT molecular complexity index is 370. The molecule has 0 saturated carbocycles. The van der Waals surface area contributed by atoms with Crippen LogP contribution in [0.3, 0.4) is 0 Å². The molecule has 1 rings (SSSR count). The van der Waals surface area contributed by atoms with Crippen LogP contribution < -0.4 is 5.32 Å². The van der Waals surface area contributed by atoms with E-state index in [1.54, 1.807) is 0 Å². The van der Waals surface area contributed by atoms with Gasteiger partial charge in [0, 0.05) is 19.4 Å². The molecule has 0 atom stereocenters. The second kappa shape index (κ2) is 7.38. The largest absolute Gasteiger partial charge is 0.379 e. The number of ether oxygens (including phenoxy) is 1. The van der Waals surface area contributed by atoms with E-state index in [9.17, 15) is 19.2 Å². The van der Waals surface area contributed by atoms with E-state index in [2.05, 4.69) is 10.2 Å². The maximum absolute atomic E-state index is 11.3. The molecule has 1 saturated heterocycles. The Morgan fingerprint density at radius 3 is 2.67 bits per heavy atom. The molecule has 3 amide bonds. The van der Waals surface area contributed by atoms with E-state index >= 15 is 0 Å². The zero-order chi connectivity index (χ0) is 14.3. The van der Waals surface area contributed by atoms with Crippen LogP contribution >= 0.6 is 0 Å². The first-order chi connectivity index (χ1) is 9.00. The van der Waals surface area contributed by atoms with Crippen molar-refractivity contribution in [1.29, 1.82) is 0 Å². The van der Waals surface area contributed by atoms with E-state index < -0.39 is 24.2 Å². The smallest absolute Gasteiger partial charge is 0.335 e. The summed E-state index contributed by atoms with van der Waals surface area (Å²) >= 11 is 0. The highest BCUT2D eigenvalue weighted by Crippen LogP contribution is 2.12. The molecule has 8 heteroatoms. The number of carbonyl (C=O) groups excluding carboxylic acids is 4. The number of hydrogen-bond acceptors (Lipinski definition) is 6. The third kappa shape index (κ3) is 4.50. The zero-order valence-corrected chi connectivity index (χ0v) is 9.64. The first-order valence-electron chi connectivity index (χ1n) is 5.89. The predicted molar refractivity (Wildman–Crippen MR) is 56.7 cm³/mol. The molecule has 0 unspecified atom stereocenters. The Morgan fingerprint density at radius 1 is 1.39 bits per heavy atom. The summed E-state index contributed by atoms with van der Waals surface area (Å²) in [6.45, 7) is 0.350. The van der Waals surface area contributed by atoms with Crippen molar-refractivity contribution in [2.75, 3.05) is 19.8 Å². The highest BCUT2D eigenvalue weighted by Gasteiger charge is 2.32. The van der Waals surface area contributed by atoms with Crippen LogP contribution in [0.15, 0.2) is 0 Å². The van der Waals surface area contributed by atoms with Crippen LogP contribution in [0, 0.1) is 0 Å². The second-order valence-corrected chi connectivity index (χ2v) is 3.44. The number of nitrogens with one attached hydrogen (secondary N) is 1. The molecule has 1 aliphatic rings. The fraction of sp³-hybridized carbons (Fsp3) is 0.600. The molecule has 1 fully saturated rings. The maximum Gasteiger partial charge on any atom is 0.335 e. The highest BCUT2D eigenvalue weighted by molar-refractivity contribution is 6.01. The summed E-state index contributed by atoms with van der Waals surface area (Å²) in [7, 11) is 0. The molecule has 0 aliphatic carbocycles. The monoisotopic (exact) mass is 259 g/mol. The minimum atomic E-state index is -0.908. The van der Waals surface area contributed by atoms with Gasteiger partial charge in [-0.2, -0.15) is 0 Å². The third-order valence-corrected chi connectivity index (χ3v) is 2.09. The number of rotatable bonds is 7. The van der Waals surface area contributed by atoms with Gasteiger partial charge in [-0.3, -0.25) is 14.4 Å². The number of imide groups is 1. The minimum absolute atomic E-state index is 0.0307. The molecule has 8 nitrogen and oxygen atoms in total. The molecule has 0 bridgehead atoms. The Hall–Kier alpha value is -1.96. The van der Waals surface area contributed by atoms with Crippen molar-refractivity contribution in [2.24, 2.45) is 0 Å². The minimum Gasteiger partial charge on any atom is -0.379 e. The van der Waals surface area contributed by atoms with Crippen LogP contribution in [0.5, 0.6) is 0 Å². The van der Waals surface area contributed by atoms with Crippen LogP contribution in [0.2, 0.25) is 0 Å². The lowest BCUT2D eigenvalue weighted by atomic mass is 10.4. The lowest BCUT2D eigenvalue weighted by Crippen LogP contribution is -2.32. The average Bonchev–Trinajstić information content (AvgIpc) is 2.65. The number of amides is 3. The molecule has 1 heterocycles. The summed E-state index contributed by atoms with van der Waals surface area (Å²) < 4.78 is 11.5. The van der Waals surface area contributed by atoms with Crippen LogP contribution in [0.1, 0.15) is 20.6 Å². The van der Waals surface area contributed by atoms with Gasteiger partial charge in [0.15, 0.2) is 0 Å². The summed E-state index contributed by atoms with van der Waals surface area (Å²) in [4.78, 5) is 48.4. The van der Waals surface area contributed by atoms with E-state index in [1.807, 2.05) is 0 Å². The molecule has 1 aliphatic heterocycles. The van der Waals surface area contributed by atoms with Gasteiger partial charge in [-0.05, 0) is 0 Å². The van der Waals surface area contributed by atoms with Crippen molar-refractivity contribution in [3.8, 4) is 0 Å². The van der Waals surface area contributed by atoms with E-state index in [0.29, 0.717) is 5.06 Å². The van der Waals surface area contributed by atoms with Crippen LogP contribution in [-0.2, 0) is 28.8 Å². The molecule has 0 spiro atoms. The van der Waals surface area contributed by atoms with Gasteiger partial charge in [0.05, 0.1) is 19.6 Å². The van der Waals surface area contributed by atoms with Crippen molar-refractivity contribution >= 4 is 24.2 Å². The summed E-state index contributed by atoms with van der Waals surface area (Å²) in [5.41, 5.74) is 0. The zero-order valence-electron chi connectivity index (χ0n) is 10.6. The lowest BCUT2D eigenvalue weighted by Gasteiger charge is -2.12. The van der Waals surface area contributed by atoms with Crippen LogP contribution in [-0.4, -0.2) is 49.0 Å². The van der Waals surface area contributed by atoms with Gasteiger partial charge in [0.2, 0.25) is 6.39 Å². The summed E-state index contributed by atoms with van der Waals surface area (Å²) in [5.74, 6) is -1.80. The molecule has 1 N–H and O–H groups in total. The normalized spacial score (nSPS) is 15.6. The van der Waals surface area contributed by atoms with Gasteiger partial charge in [0.25, 0.3) is 11.8 Å². The standard InChI is InChI=1S/C10H14N2O6/c13-7-11-4-6-17-5-3-10(16)18-12-8(14)1-2-9(12)15/h7H,1-6H2,(H,11,13)/i7D. The Labute approximate surface area is 105 Å². The molecule has 0 aromatic carbocycles. The van der Waals surface area contributed by atoms with Gasteiger partial charge in [-0.15, -0.1) is 5.06 Å². The molecule has 18 heavy (non-hydrogen) atoms. The van der Waals surface area contributed by atoms with Gasteiger partial charge < -0.3 is 14.9 Å². The van der Waals surface area contributed by atoms with Gasteiger partial charge in [-0.1, -0.05) is 0 Å². The Balaban J connectivity index is 2.10. The first kappa shape index (κ1) is 12.5. The van der Waals surface area contributed by atoms with Crippen molar-refractivity contribution < 1.29 is 30.1 Å². The quantitative estimate of drug-likeness (QED) is 0.348. The molecule has 100 valence electrons. The number of hydroxylamine groups is 2. The molecule has 0 aromatic rings. The van der Waals surface area contributed by atoms with Crippen molar-refractivity contribution in [1.82, 2.24) is 10.4 Å². The Kier molecular flexibility index (Phi) is 5.12. The van der Waals surface area contributed by atoms with Crippen LogP contribution in [0.4, 0.5) is 0 Å². The van der Waals surface area contributed by atoms with Gasteiger partial charge in [0.1, 0.15) is 1.37 Å². The van der Waals surface area contributed by atoms with Crippen LogP contribution in [0.25, 0.3) is 0 Å². The van der Waals surface area contributed by atoms with Crippen molar-refractivity contribution in [3.05, 3.63) is 0 Å². The topological polar surface area (TPSA) is 102 Å². The number of carbonyl (C=O) groups is 4. The molecule has 0 radical (unpaired) electrons. The second-order valence-electron chi connectivity index (χ2n) is 3.44. The Morgan fingerprint density at radius 2 is 2.06 bits per heavy atom.